The lowest BCUT2D eigenvalue weighted by atomic mass is 9.70. The zero-order valence-corrected chi connectivity index (χ0v) is 14.5. The van der Waals surface area contributed by atoms with Gasteiger partial charge in [-0.05, 0) is 37.3 Å². The van der Waals surface area contributed by atoms with Crippen molar-refractivity contribution >= 4 is 11.8 Å². The molecule has 5 rings (SSSR count). The average molecular weight is 344 g/mol. The van der Waals surface area contributed by atoms with Crippen molar-refractivity contribution in [3.63, 3.8) is 0 Å². The molecule has 2 amide bonds. The van der Waals surface area contributed by atoms with E-state index in [2.05, 4.69) is 9.88 Å². The van der Waals surface area contributed by atoms with Crippen LogP contribution in [0.1, 0.15) is 47.3 Å². The molecule has 1 aromatic rings. The Morgan fingerprint density at radius 3 is 2.92 bits per heavy atom. The zero-order chi connectivity index (χ0) is 17.6. The molecule has 134 valence electrons. The highest BCUT2D eigenvalue weighted by molar-refractivity contribution is 5.93. The number of pyridine rings is 1. The third-order valence-electron chi connectivity index (χ3n) is 6.31. The topological polar surface area (TPSA) is 85.8 Å². The Bertz CT molecular complexity index is 712. The number of carbonyl (C=O) groups excluding carboxylic acids is 2. The van der Waals surface area contributed by atoms with Gasteiger partial charge >= 0.3 is 0 Å². The van der Waals surface area contributed by atoms with Gasteiger partial charge in [0.1, 0.15) is 0 Å². The number of hydroxylamine groups is 1. The summed E-state index contributed by atoms with van der Waals surface area (Å²) >= 11 is 0. The van der Waals surface area contributed by atoms with Gasteiger partial charge in [-0.3, -0.25) is 24.7 Å². The van der Waals surface area contributed by atoms with E-state index in [0.717, 1.165) is 63.0 Å². The van der Waals surface area contributed by atoms with Crippen LogP contribution < -0.4 is 5.48 Å². The van der Waals surface area contributed by atoms with Crippen molar-refractivity contribution in [2.75, 3.05) is 20.1 Å². The number of nitrogens with one attached hydrogen (secondary N) is 1. The molecule has 3 fully saturated rings. The Hall–Kier alpha value is -1.99. The average Bonchev–Trinajstić information content (AvgIpc) is 2.65. The molecule has 2 saturated heterocycles. The molecule has 2 N–H and O–H groups in total. The second kappa shape index (κ2) is 6.07. The number of amides is 2. The van der Waals surface area contributed by atoms with Gasteiger partial charge in [-0.25, -0.2) is 5.48 Å². The second-order valence-electron chi connectivity index (χ2n) is 7.63. The highest BCUT2D eigenvalue weighted by Crippen LogP contribution is 2.43. The predicted octanol–water partition coefficient (Wildman–Crippen LogP) is 0.960. The molecular formula is C18H24N4O3. The van der Waals surface area contributed by atoms with Crippen LogP contribution >= 0.6 is 0 Å². The Morgan fingerprint density at radius 1 is 1.44 bits per heavy atom. The summed E-state index contributed by atoms with van der Waals surface area (Å²) in [5.41, 5.74) is 4.03. The van der Waals surface area contributed by atoms with E-state index >= 15 is 0 Å². The van der Waals surface area contributed by atoms with E-state index in [1.165, 1.54) is 6.20 Å². The summed E-state index contributed by atoms with van der Waals surface area (Å²) in [5.74, 6) is -0.00172. The summed E-state index contributed by atoms with van der Waals surface area (Å²) in [7, 11) is 1.96. The fourth-order valence-electron chi connectivity index (χ4n) is 4.73. The van der Waals surface area contributed by atoms with Gasteiger partial charge in [0.15, 0.2) is 0 Å². The highest BCUT2D eigenvalue weighted by atomic mass is 16.5. The van der Waals surface area contributed by atoms with Crippen molar-refractivity contribution in [3.05, 3.63) is 29.1 Å². The van der Waals surface area contributed by atoms with Crippen LogP contribution in [-0.2, 0) is 17.8 Å². The Morgan fingerprint density at radius 2 is 2.20 bits per heavy atom. The normalized spacial score (nSPS) is 28.8. The van der Waals surface area contributed by atoms with E-state index < -0.39 is 5.91 Å². The first-order chi connectivity index (χ1) is 12.0. The SMILES string of the molecule is CN1C(=O)C2CCC1(CN1CCc3ncc(C(=O)NO)cc3C1)CC2. The second-order valence-corrected chi connectivity index (χ2v) is 7.63. The number of aromatic nitrogens is 1. The summed E-state index contributed by atoms with van der Waals surface area (Å²) in [5, 5.41) is 8.81. The maximum Gasteiger partial charge on any atom is 0.276 e. The lowest BCUT2D eigenvalue weighted by Gasteiger charge is -2.54. The van der Waals surface area contributed by atoms with Crippen LogP contribution in [0.25, 0.3) is 0 Å². The van der Waals surface area contributed by atoms with Crippen LogP contribution in [0, 0.1) is 5.92 Å². The van der Waals surface area contributed by atoms with E-state index in [0.29, 0.717) is 11.5 Å². The lowest BCUT2D eigenvalue weighted by Crippen LogP contribution is -2.64. The number of rotatable bonds is 3. The van der Waals surface area contributed by atoms with Crippen molar-refractivity contribution < 1.29 is 14.8 Å². The number of hydrogen-bond acceptors (Lipinski definition) is 5. The molecular weight excluding hydrogens is 320 g/mol. The first-order valence-electron chi connectivity index (χ1n) is 8.95. The van der Waals surface area contributed by atoms with Crippen LogP contribution in [0.5, 0.6) is 0 Å². The number of likely N-dealkylation sites (N-methyl/N-ethyl adjacent to an activating group) is 1. The minimum Gasteiger partial charge on any atom is -0.339 e. The van der Waals surface area contributed by atoms with E-state index in [-0.39, 0.29) is 11.5 Å². The molecule has 1 saturated carbocycles. The summed E-state index contributed by atoms with van der Waals surface area (Å²) in [4.78, 5) is 32.8. The van der Waals surface area contributed by atoms with E-state index in [1.54, 1.807) is 5.48 Å². The lowest BCUT2D eigenvalue weighted by molar-refractivity contribution is -0.155. The molecule has 7 heteroatoms. The van der Waals surface area contributed by atoms with Crippen molar-refractivity contribution in [1.29, 1.82) is 0 Å². The van der Waals surface area contributed by atoms with Crippen LogP contribution in [-0.4, -0.2) is 57.5 Å². The molecule has 0 atom stereocenters. The molecule has 25 heavy (non-hydrogen) atoms. The number of fused-ring (bicyclic) bond motifs is 4. The van der Waals surface area contributed by atoms with Crippen molar-refractivity contribution in [2.24, 2.45) is 5.92 Å². The van der Waals surface area contributed by atoms with Crippen molar-refractivity contribution in [3.8, 4) is 0 Å². The third kappa shape index (κ3) is 2.71. The Labute approximate surface area is 147 Å². The minimum absolute atomic E-state index is 0.0448. The molecule has 0 spiro atoms. The fourth-order valence-corrected chi connectivity index (χ4v) is 4.73. The van der Waals surface area contributed by atoms with Gasteiger partial charge < -0.3 is 4.90 Å². The van der Waals surface area contributed by atoms with Gasteiger partial charge in [0.25, 0.3) is 5.91 Å². The quantitative estimate of drug-likeness (QED) is 0.630. The zero-order valence-electron chi connectivity index (χ0n) is 14.5. The molecule has 4 heterocycles. The molecule has 0 unspecified atom stereocenters. The number of piperidine rings is 2. The van der Waals surface area contributed by atoms with Crippen molar-refractivity contribution in [1.82, 2.24) is 20.3 Å². The van der Waals surface area contributed by atoms with Crippen LogP contribution in [0.2, 0.25) is 0 Å². The van der Waals surface area contributed by atoms with Crippen LogP contribution in [0.15, 0.2) is 12.3 Å². The maximum atomic E-state index is 12.4. The largest absolute Gasteiger partial charge is 0.339 e. The third-order valence-corrected chi connectivity index (χ3v) is 6.31. The number of nitrogens with zero attached hydrogens (tertiary/aromatic N) is 3. The van der Waals surface area contributed by atoms with Crippen molar-refractivity contribution in [2.45, 2.75) is 44.2 Å². The predicted molar refractivity (Wildman–Crippen MR) is 89.9 cm³/mol. The molecule has 1 aromatic heterocycles. The van der Waals surface area contributed by atoms with Gasteiger partial charge in [0.2, 0.25) is 5.91 Å². The van der Waals surface area contributed by atoms with Gasteiger partial charge in [-0.2, -0.15) is 0 Å². The van der Waals surface area contributed by atoms with E-state index in [9.17, 15) is 9.59 Å². The van der Waals surface area contributed by atoms with E-state index in [4.69, 9.17) is 5.21 Å². The van der Waals surface area contributed by atoms with Crippen LogP contribution in [0.3, 0.4) is 0 Å². The number of carbonyl (C=O) groups is 2. The summed E-state index contributed by atoms with van der Waals surface area (Å²) in [6.45, 7) is 2.51. The smallest absolute Gasteiger partial charge is 0.276 e. The standard InChI is InChI=1S/C18H24N4O3/c1-21-17(24)12-2-5-18(21,6-3-12)11-22-7-4-15-14(10-22)8-13(9-19-15)16(23)20-25/h8-9,12,25H,2-7,10-11H2,1H3,(H,20,23). The summed E-state index contributed by atoms with van der Waals surface area (Å²) in [6, 6.07) is 1.81. The molecule has 7 nitrogen and oxygen atoms in total. The van der Waals surface area contributed by atoms with Gasteiger partial charge in [-0.15, -0.1) is 0 Å². The molecule has 0 radical (unpaired) electrons. The van der Waals surface area contributed by atoms with E-state index in [1.807, 2.05) is 18.0 Å². The Kier molecular flexibility index (Phi) is 4.00. The maximum absolute atomic E-state index is 12.4. The molecule has 4 aliphatic rings. The highest BCUT2D eigenvalue weighted by Gasteiger charge is 2.49. The molecule has 3 aliphatic heterocycles. The Balaban J connectivity index is 1.52. The molecule has 2 bridgehead atoms. The minimum atomic E-state index is -0.540. The van der Waals surface area contributed by atoms with Crippen LogP contribution in [0.4, 0.5) is 0 Å². The molecule has 0 aromatic carbocycles. The number of hydrogen-bond donors (Lipinski definition) is 2. The first kappa shape index (κ1) is 16.5. The summed E-state index contributed by atoms with van der Waals surface area (Å²) < 4.78 is 0. The fraction of sp³-hybridized carbons (Fsp3) is 0.611. The van der Waals surface area contributed by atoms with Gasteiger partial charge in [0.05, 0.1) is 11.1 Å². The van der Waals surface area contributed by atoms with Gasteiger partial charge in [-0.1, -0.05) is 0 Å². The summed E-state index contributed by atoms with van der Waals surface area (Å²) in [6.07, 6.45) is 6.52. The monoisotopic (exact) mass is 344 g/mol. The van der Waals surface area contributed by atoms with Gasteiger partial charge in [0, 0.05) is 50.9 Å². The first-order valence-corrected chi connectivity index (χ1v) is 8.95. The molecule has 1 aliphatic carbocycles.